The van der Waals surface area contributed by atoms with E-state index in [2.05, 4.69) is 11.1 Å². The predicted molar refractivity (Wildman–Crippen MR) is 115 cm³/mol. The summed E-state index contributed by atoms with van der Waals surface area (Å²) in [5.74, 6) is 1.36. The monoisotopic (exact) mass is 405 g/mol. The highest BCUT2D eigenvalue weighted by molar-refractivity contribution is 5.72. The molecular formula is C25H27NO4. The van der Waals surface area contributed by atoms with Gasteiger partial charge in [-0.2, -0.15) is 0 Å². The second kappa shape index (κ2) is 8.74. The number of benzene rings is 2. The van der Waals surface area contributed by atoms with Crippen LogP contribution in [0.3, 0.4) is 0 Å². The Labute approximate surface area is 176 Å². The van der Waals surface area contributed by atoms with Crippen molar-refractivity contribution in [2.24, 2.45) is 5.92 Å². The summed E-state index contributed by atoms with van der Waals surface area (Å²) < 4.78 is 11.8. The van der Waals surface area contributed by atoms with Crippen molar-refractivity contribution in [2.75, 3.05) is 6.61 Å². The summed E-state index contributed by atoms with van der Waals surface area (Å²) >= 11 is 0. The lowest BCUT2D eigenvalue weighted by molar-refractivity contribution is -0.142. The fraction of sp³-hybridized carbons (Fsp3) is 0.360. The Kier molecular flexibility index (Phi) is 5.88. The van der Waals surface area contributed by atoms with Gasteiger partial charge in [0.1, 0.15) is 11.5 Å². The Bertz CT molecular complexity index is 1020. The number of ether oxygens (including phenoxy) is 1. The van der Waals surface area contributed by atoms with E-state index in [1.807, 2.05) is 56.3 Å². The van der Waals surface area contributed by atoms with Crippen molar-refractivity contribution in [3.8, 4) is 17.2 Å². The molecule has 1 N–H and O–H groups in total. The van der Waals surface area contributed by atoms with E-state index in [4.69, 9.17) is 9.15 Å². The van der Waals surface area contributed by atoms with Gasteiger partial charge in [0.2, 0.25) is 5.89 Å². The van der Waals surface area contributed by atoms with Gasteiger partial charge in [-0.25, -0.2) is 4.98 Å². The minimum absolute atomic E-state index is 0.103. The van der Waals surface area contributed by atoms with Crippen molar-refractivity contribution in [3.63, 3.8) is 0 Å². The lowest BCUT2D eigenvalue weighted by Crippen LogP contribution is -2.19. The van der Waals surface area contributed by atoms with Crippen LogP contribution in [0.4, 0.5) is 0 Å². The van der Waals surface area contributed by atoms with E-state index in [1.165, 1.54) is 5.56 Å². The Hall–Kier alpha value is -3.08. The van der Waals surface area contributed by atoms with Crippen molar-refractivity contribution in [1.29, 1.82) is 0 Å². The van der Waals surface area contributed by atoms with Crippen molar-refractivity contribution >= 4 is 5.97 Å². The first-order valence-electron chi connectivity index (χ1n) is 10.6. The van der Waals surface area contributed by atoms with E-state index in [0.29, 0.717) is 25.3 Å². The number of aromatic nitrogens is 1. The number of oxazole rings is 1. The zero-order valence-electron chi connectivity index (χ0n) is 17.4. The number of carbonyl (C=O) groups is 1. The molecule has 156 valence electrons. The average Bonchev–Trinajstić information content (AvgIpc) is 3.33. The third-order valence-electron chi connectivity index (χ3n) is 6.00. The van der Waals surface area contributed by atoms with Crippen LogP contribution in [0, 0.1) is 12.8 Å². The molecule has 4 rings (SSSR count). The maximum absolute atomic E-state index is 11.6. The van der Waals surface area contributed by atoms with E-state index in [0.717, 1.165) is 41.2 Å². The normalized spacial score (nSPS) is 16.3. The molecule has 0 bridgehead atoms. The SMILES string of the molecule is CCC(C(=O)O)[C@H]1CCc2cc(OCCc3nc(-c4ccccc4)oc3C)ccc21. The van der Waals surface area contributed by atoms with E-state index in [9.17, 15) is 9.90 Å². The molecule has 0 amide bonds. The lowest BCUT2D eigenvalue weighted by Gasteiger charge is -2.19. The molecule has 1 aliphatic rings. The topological polar surface area (TPSA) is 72.6 Å². The summed E-state index contributed by atoms with van der Waals surface area (Å²) in [5.41, 5.74) is 4.24. The molecule has 3 aromatic rings. The quantitative estimate of drug-likeness (QED) is 0.542. The van der Waals surface area contributed by atoms with Gasteiger partial charge in [0.05, 0.1) is 18.2 Å². The van der Waals surface area contributed by atoms with Gasteiger partial charge in [-0.05, 0) is 67.5 Å². The standard InChI is InChI=1S/C25H27NO4/c1-3-20(25(27)28)22-11-9-18-15-19(10-12-21(18)22)29-14-13-23-16(2)30-24(26-23)17-7-5-4-6-8-17/h4-8,10,12,15,20,22H,3,9,11,13-14H2,1-2H3,(H,27,28)/t20?,22-/m1/s1. The minimum atomic E-state index is -0.700. The zero-order valence-corrected chi connectivity index (χ0v) is 17.4. The van der Waals surface area contributed by atoms with Crippen molar-refractivity contribution in [3.05, 3.63) is 71.1 Å². The van der Waals surface area contributed by atoms with Crippen LogP contribution in [0.15, 0.2) is 52.9 Å². The highest BCUT2D eigenvalue weighted by atomic mass is 16.5. The van der Waals surface area contributed by atoms with Crippen molar-refractivity contribution < 1.29 is 19.1 Å². The summed E-state index contributed by atoms with van der Waals surface area (Å²) in [7, 11) is 0. The van der Waals surface area contributed by atoms with Crippen LogP contribution in [0.1, 0.15) is 48.3 Å². The molecule has 0 aliphatic heterocycles. The molecule has 0 fully saturated rings. The number of hydrogen-bond acceptors (Lipinski definition) is 4. The summed E-state index contributed by atoms with van der Waals surface area (Å²) in [6.07, 6.45) is 3.12. The molecule has 1 heterocycles. The van der Waals surface area contributed by atoms with Crippen LogP contribution >= 0.6 is 0 Å². The Morgan fingerprint density at radius 2 is 2.07 bits per heavy atom. The Morgan fingerprint density at radius 3 is 2.80 bits per heavy atom. The molecule has 2 aromatic carbocycles. The number of nitrogens with zero attached hydrogens (tertiary/aromatic N) is 1. The van der Waals surface area contributed by atoms with Crippen LogP contribution in [-0.4, -0.2) is 22.7 Å². The fourth-order valence-electron chi connectivity index (χ4n) is 4.40. The number of aryl methyl sites for hydroxylation is 2. The molecule has 30 heavy (non-hydrogen) atoms. The summed E-state index contributed by atoms with van der Waals surface area (Å²) in [6, 6.07) is 15.9. The molecule has 0 saturated heterocycles. The summed E-state index contributed by atoms with van der Waals surface area (Å²) in [6.45, 7) is 4.39. The highest BCUT2D eigenvalue weighted by Gasteiger charge is 2.33. The molecule has 1 aliphatic carbocycles. The number of rotatable bonds is 8. The number of hydrogen-bond donors (Lipinski definition) is 1. The Morgan fingerprint density at radius 1 is 1.27 bits per heavy atom. The summed E-state index contributed by atoms with van der Waals surface area (Å²) in [4.78, 5) is 16.2. The predicted octanol–water partition coefficient (Wildman–Crippen LogP) is 5.41. The van der Waals surface area contributed by atoms with Gasteiger partial charge in [0.15, 0.2) is 0 Å². The maximum atomic E-state index is 11.6. The highest BCUT2D eigenvalue weighted by Crippen LogP contribution is 2.41. The van der Waals surface area contributed by atoms with Crippen molar-refractivity contribution in [2.45, 2.75) is 45.4 Å². The minimum Gasteiger partial charge on any atom is -0.493 e. The van der Waals surface area contributed by atoms with E-state index in [-0.39, 0.29) is 11.8 Å². The number of fused-ring (bicyclic) bond motifs is 1. The van der Waals surface area contributed by atoms with Gasteiger partial charge >= 0.3 is 5.97 Å². The van der Waals surface area contributed by atoms with Crippen LogP contribution in [-0.2, 0) is 17.6 Å². The van der Waals surface area contributed by atoms with E-state index < -0.39 is 5.97 Å². The molecule has 1 aromatic heterocycles. The van der Waals surface area contributed by atoms with Crippen LogP contribution in [0.5, 0.6) is 5.75 Å². The first kappa shape index (κ1) is 20.2. The number of carboxylic acids is 1. The average molecular weight is 405 g/mol. The summed E-state index contributed by atoms with van der Waals surface area (Å²) in [5, 5.41) is 9.50. The number of aliphatic carboxylic acids is 1. The second-order valence-electron chi connectivity index (χ2n) is 7.85. The first-order valence-corrected chi connectivity index (χ1v) is 10.6. The molecule has 5 nitrogen and oxygen atoms in total. The smallest absolute Gasteiger partial charge is 0.307 e. The van der Waals surface area contributed by atoms with Gasteiger partial charge in [0, 0.05) is 12.0 Å². The zero-order chi connectivity index (χ0) is 21.1. The van der Waals surface area contributed by atoms with E-state index >= 15 is 0 Å². The van der Waals surface area contributed by atoms with Crippen molar-refractivity contribution in [1.82, 2.24) is 4.98 Å². The molecule has 0 saturated carbocycles. The molecular weight excluding hydrogens is 378 g/mol. The molecule has 2 atom stereocenters. The first-order chi connectivity index (χ1) is 14.6. The van der Waals surface area contributed by atoms with Crippen LogP contribution in [0.25, 0.3) is 11.5 Å². The molecule has 1 unspecified atom stereocenters. The lowest BCUT2D eigenvalue weighted by atomic mass is 9.85. The third kappa shape index (κ3) is 4.11. The number of carboxylic acid groups (broad SMARTS) is 1. The molecule has 0 radical (unpaired) electrons. The van der Waals surface area contributed by atoms with Crippen LogP contribution in [0.2, 0.25) is 0 Å². The second-order valence-corrected chi connectivity index (χ2v) is 7.85. The Balaban J connectivity index is 1.39. The van der Waals surface area contributed by atoms with Gasteiger partial charge in [-0.3, -0.25) is 4.79 Å². The van der Waals surface area contributed by atoms with E-state index in [1.54, 1.807) is 0 Å². The molecule has 5 heteroatoms. The maximum Gasteiger partial charge on any atom is 0.307 e. The largest absolute Gasteiger partial charge is 0.493 e. The van der Waals surface area contributed by atoms with Gasteiger partial charge in [-0.1, -0.05) is 31.2 Å². The van der Waals surface area contributed by atoms with Gasteiger partial charge in [-0.15, -0.1) is 0 Å². The molecule has 0 spiro atoms. The van der Waals surface area contributed by atoms with Gasteiger partial charge < -0.3 is 14.3 Å². The fourth-order valence-corrected chi connectivity index (χ4v) is 4.40. The van der Waals surface area contributed by atoms with Crippen LogP contribution < -0.4 is 4.74 Å². The third-order valence-corrected chi connectivity index (χ3v) is 6.00. The van der Waals surface area contributed by atoms with Gasteiger partial charge in [0.25, 0.3) is 0 Å².